The number of nitrogens with one attached hydrogen (secondary N) is 3. The van der Waals surface area contributed by atoms with E-state index in [1.807, 2.05) is 12.1 Å². The number of H-pyrrole nitrogens is 1. The fourth-order valence-electron chi connectivity index (χ4n) is 2.67. The van der Waals surface area contributed by atoms with E-state index >= 15 is 0 Å². The Morgan fingerprint density at radius 3 is 2.69 bits per heavy atom. The third-order valence-corrected chi connectivity index (χ3v) is 4.45. The highest BCUT2D eigenvalue weighted by Gasteiger charge is 2.16. The first-order chi connectivity index (χ1) is 12.6. The highest BCUT2D eigenvalue weighted by molar-refractivity contribution is 6.30. The minimum absolute atomic E-state index is 0.241. The van der Waals surface area contributed by atoms with Crippen molar-refractivity contribution in [1.82, 2.24) is 20.1 Å². The van der Waals surface area contributed by atoms with Gasteiger partial charge in [0, 0.05) is 17.1 Å². The molecule has 0 saturated heterocycles. The number of hydrogen-bond acceptors (Lipinski definition) is 4. The molecule has 6 nitrogen and oxygen atoms in total. The minimum atomic E-state index is -0.261. The lowest BCUT2D eigenvalue weighted by Crippen LogP contribution is -2.30. The molecule has 1 amide bonds. The summed E-state index contributed by atoms with van der Waals surface area (Å²) in [5, 5.41) is 4.05. The van der Waals surface area contributed by atoms with E-state index in [1.165, 1.54) is 6.33 Å². The van der Waals surface area contributed by atoms with Gasteiger partial charge in [-0.15, -0.1) is 0 Å². The van der Waals surface area contributed by atoms with Crippen LogP contribution in [0.25, 0.3) is 10.9 Å². The van der Waals surface area contributed by atoms with Crippen LogP contribution in [0.5, 0.6) is 0 Å². The summed E-state index contributed by atoms with van der Waals surface area (Å²) in [5.41, 5.74) is 1.57. The Kier molecular flexibility index (Phi) is 5.88. The van der Waals surface area contributed by atoms with Gasteiger partial charge < -0.3 is 10.3 Å². The van der Waals surface area contributed by atoms with Crippen molar-refractivity contribution in [2.75, 3.05) is 6.54 Å². The van der Waals surface area contributed by atoms with Gasteiger partial charge >= 0.3 is 0 Å². The smallest absolute Gasteiger partial charge is 0.258 e. The average molecular weight is 391 g/mol. The van der Waals surface area contributed by atoms with Crippen LogP contribution in [-0.4, -0.2) is 22.4 Å². The molecule has 2 aromatic carbocycles. The SMILES string of the molecule is O=C(NC(CCNCl)c1ccc(Cl)cc1)c1ccc2c(=O)[nH]cnc2c1. The van der Waals surface area contributed by atoms with E-state index in [-0.39, 0.29) is 17.5 Å². The maximum Gasteiger partial charge on any atom is 0.258 e. The summed E-state index contributed by atoms with van der Waals surface area (Å²) in [4.78, 5) is 33.6. The third kappa shape index (κ3) is 4.22. The molecule has 0 spiro atoms. The number of aromatic amines is 1. The zero-order valence-corrected chi connectivity index (χ0v) is 15.1. The Hall–Kier alpha value is -2.41. The zero-order chi connectivity index (χ0) is 18.5. The van der Waals surface area contributed by atoms with Crippen LogP contribution in [0.4, 0.5) is 0 Å². The van der Waals surface area contributed by atoms with Crippen LogP contribution in [0.2, 0.25) is 5.02 Å². The maximum absolute atomic E-state index is 12.7. The topological polar surface area (TPSA) is 86.9 Å². The molecule has 1 atom stereocenters. The predicted molar refractivity (Wildman–Crippen MR) is 102 cm³/mol. The molecule has 1 heterocycles. The van der Waals surface area contributed by atoms with Crippen LogP contribution in [-0.2, 0) is 0 Å². The summed E-state index contributed by atoms with van der Waals surface area (Å²) in [5.74, 6) is -0.261. The monoisotopic (exact) mass is 390 g/mol. The molecule has 3 rings (SSSR count). The second-order valence-electron chi connectivity index (χ2n) is 5.71. The molecular formula is C18H16Cl2N4O2. The van der Waals surface area contributed by atoms with Crippen LogP contribution >= 0.6 is 23.4 Å². The molecule has 134 valence electrons. The zero-order valence-electron chi connectivity index (χ0n) is 13.6. The fourth-order valence-corrected chi connectivity index (χ4v) is 2.90. The van der Waals surface area contributed by atoms with Crippen molar-refractivity contribution in [1.29, 1.82) is 0 Å². The lowest BCUT2D eigenvalue weighted by Gasteiger charge is -2.19. The van der Waals surface area contributed by atoms with E-state index in [0.29, 0.717) is 34.5 Å². The molecule has 0 aliphatic carbocycles. The Labute approximate surface area is 159 Å². The summed E-state index contributed by atoms with van der Waals surface area (Å²) in [7, 11) is 0. The maximum atomic E-state index is 12.7. The second kappa shape index (κ2) is 8.31. The molecule has 0 aliphatic heterocycles. The second-order valence-corrected chi connectivity index (χ2v) is 6.42. The Morgan fingerprint density at radius 1 is 1.19 bits per heavy atom. The number of aromatic nitrogens is 2. The molecule has 0 saturated carbocycles. The number of carbonyl (C=O) groups excluding carboxylic acids is 1. The number of nitrogens with zero attached hydrogens (tertiary/aromatic N) is 1. The van der Waals surface area contributed by atoms with Crippen molar-refractivity contribution < 1.29 is 4.79 Å². The Morgan fingerprint density at radius 2 is 1.96 bits per heavy atom. The largest absolute Gasteiger partial charge is 0.345 e. The van der Waals surface area contributed by atoms with Gasteiger partial charge in [0.2, 0.25) is 0 Å². The average Bonchev–Trinajstić information content (AvgIpc) is 2.65. The highest BCUT2D eigenvalue weighted by Crippen LogP contribution is 2.20. The summed E-state index contributed by atoms with van der Waals surface area (Å²) >= 11 is 11.5. The first-order valence-electron chi connectivity index (χ1n) is 7.96. The first kappa shape index (κ1) is 18.4. The standard InChI is InChI=1S/C18H16Cl2N4O2/c19-13-4-1-11(2-5-13)15(7-8-23-20)24-17(25)12-3-6-14-16(9-12)21-10-22-18(14)26/h1-6,9-10,15,23H,7-8H2,(H,24,25)(H,21,22,26). The third-order valence-electron chi connectivity index (χ3n) is 4.01. The quantitative estimate of drug-likeness (QED) is 0.564. The van der Waals surface area contributed by atoms with Gasteiger partial charge in [0.25, 0.3) is 11.5 Å². The summed E-state index contributed by atoms with van der Waals surface area (Å²) in [6, 6.07) is 11.8. The van der Waals surface area contributed by atoms with Crippen molar-refractivity contribution in [3.63, 3.8) is 0 Å². The van der Waals surface area contributed by atoms with E-state index < -0.39 is 0 Å². The molecule has 26 heavy (non-hydrogen) atoms. The van der Waals surface area contributed by atoms with Crippen molar-refractivity contribution in [3.8, 4) is 0 Å². The molecule has 8 heteroatoms. The van der Waals surface area contributed by atoms with E-state index in [9.17, 15) is 9.59 Å². The highest BCUT2D eigenvalue weighted by atomic mass is 35.5. The number of fused-ring (bicyclic) bond motifs is 1. The lowest BCUT2D eigenvalue weighted by molar-refractivity contribution is 0.0935. The molecule has 0 bridgehead atoms. The summed E-state index contributed by atoms with van der Waals surface area (Å²) in [6.45, 7) is 0.518. The number of amides is 1. The number of carbonyl (C=O) groups is 1. The van der Waals surface area contributed by atoms with Crippen LogP contribution < -0.4 is 15.7 Å². The van der Waals surface area contributed by atoms with Gasteiger partial charge in [-0.05, 0) is 54.1 Å². The van der Waals surface area contributed by atoms with Gasteiger partial charge in [-0.2, -0.15) is 0 Å². The molecule has 3 N–H and O–H groups in total. The van der Waals surface area contributed by atoms with Gasteiger partial charge in [-0.1, -0.05) is 23.7 Å². The fraction of sp³-hybridized carbons (Fsp3) is 0.167. The van der Waals surface area contributed by atoms with Crippen LogP contribution in [0.1, 0.15) is 28.4 Å². The van der Waals surface area contributed by atoms with E-state index in [1.54, 1.807) is 30.3 Å². The molecular weight excluding hydrogens is 375 g/mol. The van der Waals surface area contributed by atoms with Crippen LogP contribution in [0.3, 0.4) is 0 Å². The summed E-state index contributed by atoms with van der Waals surface area (Å²) < 4.78 is 0. The van der Waals surface area contributed by atoms with Crippen LogP contribution in [0, 0.1) is 0 Å². The molecule has 0 radical (unpaired) electrons. The van der Waals surface area contributed by atoms with Gasteiger partial charge in [0.15, 0.2) is 0 Å². The van der Waals surface area contributed by atoms with Crippen molar-refractivity contribution >= 4 is 40.2 Å². The normalized spacial score (nSPS) is 12.1. The van der Waals surface area contributed by atoms with Crippen molar-refractivity contribution in [2.45, 2.75) is 12.5 Å². The predicted octanol–water partition coefficient (Wildman–Crippen LogP) is 3.18. The minimum Gasteiger partial charge on any atom is -0.345 e. The van der Waals surface area contributed by atoms with Gasteiger partial charge in [-0.25, -0.2) is 9.82 Å². The molecule has 1 unspecified atom stereocenters. The number of halogens is 2. The van der Waals surface area contributed by atoms with Gasteiger partial charge in [0.1, 0.15) is 0 Å². The first-order valence-corrected chi connectivity index (χ1v) is 8.71. The lowest BCUT2D eigenvalue weighted by atomic mass is 10.0. The Bertz CT molecular complexity index is 973. The number of benzene rings is 2. The molecule has 3 aromatic rings. The summed E-state index contributed by atoms with van der Waals surface area (Å²) in [6.07, 6.45) is 1.91. The number of hydrogen-bond donors (Lipinski definition) is 3. The van der Waals surface area contributed by atoms with Crippen molar-refractivity contribution in [2.24, 2.45) is 0 Å². The molecule has 0 aliphatic rings. The van der Waals surface area contributed by atoms with E-state index in [0.717, 1.165) is 5.56 Å². The van der Waals surface area contributed by atoms with Crippen molar-refractivity contribution in [3.05, 3.63) is 75.3 Å². The Balaban J connectivity index is 1.85. The molecule has 0 fully saturated rings. The van der Waals surface area contributed by atoms with Crippen LogP contribution in [0.15, 0.2) is 53.6 Å². The van der Waals surface area contributed by atoms with Gasteiger partial charge in [0.05, 0.1) is 23.3 Å². The number of rotatable bonds is 6. The van der Waals surface area contributed by atoms with E-state index in [4.69, 9.17) is 23.4 Å². The molecule has 1 aromatic heterocycles. The van der Waals surface area contributed by atoms with E-state index in [2.05, 4.69) is 20.1 Å². The van der Waals surface area contributed by atoms with Gasteiger partial charge in [-0.3, -0.25) is 9.59 Å².